The van der Waals surface area contributed by atoms with E-state index < -0.39 is 0 Å². The predicted molar refractivity (Wildman–Crippen MR) is 83.9 cm³/mol. The van der Waals surface area contributed by atoms with Crippen molar-refractivity contribution in [1.29, 1.82) is 0 Å². The van der Waals surface area contributed by atoms with E-state index >= 15 is 0 Å². The lowest BCUT2D eigenvalue weighted by Crippen LogP contribution is -2.33. The van der Waals surface area contributed by atoms with Gasteiger partial charge >= 0.3 is 0 Å². The van der Waals surface area contributed by atoms with Gasteiger partial charge in [-0.15, -0.1) is 0 Å². The third kappa shape index (κ3) is 1.29. The Morgan fingerprint density at radius 3 is 2.45 bits per heavy atom. The number of fused-ring (bicyclic) bond motifs is 2. The first kappa shape index (κ1) is 12.1. The zero-order valence-corrected chi connectivity index (χ0v) is 12.6. The molecule has 2 heteroatoms. The van der Waals surface area contributed by atoms with Gasteiger partial charge in [-0.05, 0) is 28.6 Å². The molecule has 0 amide bonds. The van der Waals surface area contributed by atoms with Crippen LogP contribution in [0.15, 0.2) is 24.3 Å². The van der Waals surface area contributed by atoms with Crippen molar-refractivity contribution in [2.75, 3.05) is 18.0 Å². The Morgan fingerprint density at radius 1 is 1.00 bits per heavy atom. The summed E-state index contributed by atoms with van der Waals surface area (Å²) >= 11 is 0. The molecule has 0 bridgehead atoms. The van der Waals surface area contributed by atoms with Crippen LogP contribution in [0.25, 0.3) is 10.8 Å². The number of hydrogen-bond donors (Lipinski definition) is 1. The maximum Gasteiger partial charge on any atom is 0.123 e. The number of phenols is 1. The maximum absolute atomic E-state index is 10.3. The van der Waals surface area contributed by atoms with Crippen molar-refractivity contribution in [1.82, 2.24) is 0 Å². The molecular weight excluding hydrogens is 246 g/mol. The monoisotopic (exact) mass is 267 g/mol. The van der Waals surface area contributed by atoms with Crippen molar-refractivity contribution < 1.29 is 5.11 Å². The molecular formula is C18H21NO. The zero-order chi connectivity index (χ0) is 14.3. The van der Waals surface area contributed by atoms with Crippen LogP contribution in [0, 0.1) is 0 Å². The van der Waals surface area contributed by atoms with E-state index in [-0.39, 0.29) is 10.8 Å². The fourth-order valence-corrected chi connectivity index (χ4v) is 4.26. The summed E-state index contributed by atoms with van der Waals surface area (Å²) in [6, 6.07) is 8.12. The molecule has 2 aliphatic heterocycles. The number of nitrogens with zero attached hydrogens (tertiary/aromatic N) is 1. The highest BCUT2D eigenvalue weighted by Gasteiger charge is 2.46. The second-order valence-electron chi connectivity index (χ2n) is 7.64. The van der Waals surface area contributed by atoms with Gasteiger partial charge in [-0.25, -0.2) is 0 Å². The van der Waals surface area contributed by atoms with Crippen LogP contribution >= 0.6 is 0 Å². The van der Waals surface area contributed by atoms with Crippen molar-refractivity contribution in [2.24, 2.45) is 0 Å². The average molecular weight is 267 g/mol. The van der Waals surface area contributed by atoms with E-state index in [0.29, 0.717) is 5.75 Å². The van der Waals surface area contributed by atoms with Crippen molar-refractivity contribution in [2.45, 2.75) is 38.5 Å². The van der Waals surface area contributed by atoms with Gasteiger partial charge in [-0.3, -0.25) is 0 Å². The van der Waals surface area contributed by atoms with Gasteiger partial charge in [0, 0.05) is 35.0 Å². The molecule has 2 aromatic rings. The van der Waals surface area contributed by atoms with Crippen LogP contribution < -0.4 is 4.90 Å². The predicted octanol–water partition coefficient (Wildman–Crippen LogP) is 3.93. The fraction of sp³-hybridized carbons (Fsp3) is 0.444. The largest absolute Gasteiger partial charge is 0.507 e. The highest BCUT2D eigenvalue weighted by Crippen LogP contribution is 2.54. The van der Waals surface area contributed by atoms with Crippen LogP contribution in [-0.2, 0) is 10.8 Å². The van der Waals surface area contributed by atoms with Gasteiger partial charge in [0.15, 0.2) is 0 Å². The molecule has 0 aliphatic carbocycles. The van der Waals surface area contributed by atoms with E-state index in [0.717, 1.165) is 18.5 Å². The summed E-state index contributed by atoms with van der Waals surface area (Å²) in [7, 11) is 0. The zero-order valence-electron chi connectivity index (χ0n) is 12.6. The highest BCUT2D eigenvalue weighted by molar-refractivity contribution is 5.99. The number of phenolic OH excluding ortho intramolecular Hbond substituents is 1. The molecule has 0 aromatic heterocycles. The van der Waals surface area contributed by atoms with Crippen LogP contribution in [-0.4, -0.2) is 18.2 Å². The minimum absolute atomic E-state index is 0.147. The van der Waals surface area contributed by atoms with Gasteiger partial charge in [-0.1, -0.05) is 39.8 Å². The average Bonchev–Trinajstić information content (AvgIpc) is 2.73. The lowest BCUT2D eigenvalue weighted by atomic mass is 9.77. The Labute approximate surface area is 120 Å². The number of anilines is 1. The molecule has 104 valence electrons. The second-order valence-corrected chi connectivity index (χ2v) is 7.64. The molecule has 0 saturated carbocycles. The van der Waals surface area contributed by atoms with Crippen molar-refractivity contribution in [3.8, 4) is 5.75 Å². The Bertz CT molecular complexity index is 743. The van der Waals surface area contributed by atoms with Crippen LogP contribution in [0.2, 0.25) is 0 Å². The second kappa shape index (κ2) is 3.30. The minimum Gasteiger partial charge on any atom is -0.507 e. The third-order valence-corrected chi connectivity index (χ3v) is 5.03. The first-order chi connectivity index (χ1) is 9.31. The van der Waals surface area contributed by atoms with E-state index in [9.17, 15) is 5.11 Å². The number of benzene rings is 2. The SMILES string of the molecule is CC1(C)CN2CC(C)(C)c3c2c1cc1c(O)cccc31. The van der Waals surface area contributed by atoms with Gasteiger partial charge in [0.25, 0.3) is 0 Å². The molecule has 2 heterocycles. The normalized spacial score (nSPS) is 21.5. The Kier molecular flexibility index (Phi) is 1.99. The molecule has 0 unspecified atom stereocenters. The summed E-state index contributed by atoms with van der Waals surface area (Å²) < 4.78 is 0. The molecule has 2 aliphatic rings. The van der Waals surface area contributed by atoms with E-state index in [1.165, 1.54) is 22.2 Å². The standard InChI is InChI=1S/C18H21NO/c1-17(2)9-19-10-18(3,4)15-11-6-5-7-14(20)12(11)8-13(17)16(15)19/h5-8,20H,9-10H2,1-4H3. The number of hydrogen-bond acceptors (Lipinski definition) is 2. The number of rotatable bonds is 0. The molecule has 2 nitrogen and oxygen atoms in total. The molecule has 0 fully saturated rings. The van der Waals surface area contributed by atoms with Crippen LogP contribution in [0.5, 0.6) is 5.75 Å². The Morgan fingerprint density at radius 2 is 1.70 bits per heavy atom. The summed E-state index contributed by atoms with van der Waals surface area (Å²) in [5.74, 6) is 0.401. The van der Waals surface area contributed by atoms with E-state index in [4.69, 9.17) is 0 Å². The quantitative estimate of drug-likeness (QED) is 0.781. The smallest absolute Gasteiger partial charge is 0.123 e. The number of aromatic hydroxyl groups is 1. The van der Waals surface area contributed by atoms with Crippen LogP contribution in [0.3, 0.4) is 0 Å². The molecule has 0 atom stereocenters. The summed E-state index contributed by atoms with van der Waals surface area (Å²) in [5.41, 5.74) is 4.56. The van der Waals surface area contributed by atoms with Gasteiger partial charge in [0.2, 0.25) is 0 Å². The van der Waals surface area contributed by atoms with Gasteiger partial charge < -0.3 is 10.0 Å². The summed E-state index contributed by atoms with van der Waals surface area (Å²) in [6.45, 7) is 11.4. The third-order valence-electron chi connectivity index (χ3n) is 5.03. The first-order valence-corrected chi connectivity index (χ1v) is 7.36. The molecule has 20 heavy (non-hydrogen) atoms. The lowest BCUT2D eigenvalue weighted by Gasteiger charge is -2.27. The van der Waals surface area contributed by atoms with Crippen LogP contribution in [0.4, 0.5) is 5.69 Å². The molecule has 0 spiro atoms. The topological polar surface area (TPSA) is 23.5 Å². The molecule has 4 rings (SSSR count). The van der Waals surface area contributed by atoms with Crippen molar-refractivity contribution in [3.63, 3.8) is 0 Å². The minimum atomic E-state index is 0.147. The lowest BCUT2D eigenvalue weighted by molar-refractivity contribution is 0.480. The Hall–Kier alpha value is -1.70. The summed E-state index contributed by atoms with van der Waals surface area (Å²) in [6.07, 6.45) is 0. The van der Waals surface area contributed by atoms with E-state index in [1.54, 1.807) is 6.07 Å². The molecule has 0 saturated heterocycles. The van der Waals surface area contributed by atoms with Gasteiger partial charge in [0.05, 0.1) is 0 Å². The van der Waals surface area contributed by atoms with E-state index in [1.807, 2.05) is 6.07 Å². The van der Waals surface area contributed by atoms with Crippen LogP contribution in [0.1, 0.15) is 38.8 Å². The first-order valence-electron chi connectivity index (χ1n) is 7.36. The van der Waals surface area contributed by atoms with Gasteiger partial charge in [-0.2, -0.15) is 0 Å². The molecule has 2 aromatic carbocycles. The van der Waals surface area contributed by atoms with E-state index in [2.05, 4.69) is 44.7 Å². The Balaban J connectivity index is 2.21. The maximum atomic E-state index is 10.3. The van der Waals surface area contributed by atoms with Crippen molar-refractivity contribution >= 4 is 16.5 Å². The molecule has 0 radical (unpaired) electrons. The van der Waals surface area contributed by atoms with Crippen molar-refractivity contribution in [3.05, 3.63) is 35.4 Å². The highest BCUT2D eigenvalue weighted by atomic mass is 16.3. The fourth-order valence-electron chi connectivity index (χ4n) is 4.26. The summed E-state index contributed by atoms with van der Waals surface area (Å²) in [4.78, 5) is 2.54. The molecule has 1 N–H and O–H groups in total. The van der Waals surface area contributed by atoms with Gasteiger partial charge in [0.1, 0.15) is 5.75 Å². The summed E-state index contributed by atoms with van der Waals surface area (Å²) in [5, 5.41) is 12.5.